The number of carbonyl (C=O) groups excluding carboxylic acids is 1. The molecule has 0 atom stereocenters. The summed E-state index contributed by atoms with van der Waals surface area (Å²) < 4.78 is 6.21. The highest BCUT2D eigenvalue weighted by atomic mass is 32.1. The Labute approximate surface area is 141 Å². The van der Waals surface area contributed by atoms with Gasteiger partial charge in [-0.25, -0.2) is 0 Å². The number of Topliss-reactive ketones (excluding diaryl/α,β-unsaturated/α-hetero) is 1. The highest BCUT2D eigenvalue weighted by molar-refractivity contribution is 7.07. The minimum Gasteiger partial charge on any atom is -0.497 e. The van der Waals surface area contributed by atoms with Gasteiger partial charge in [-0.15, -0.1) is 11.3 Å². The fourth-order valence-corrected chi connectivity index (χ4v) is 3.01. The molecule has 120 valence electrons. The van der Waals surface area contributed by atoms with Crippen molar-refractivity contribution in [3.8, 4) is 5.75 Å². The van der Waals surface area contributed by atoms with Crippen LogP contribution in [-0.2, 0) is 0 Å². The summed E-state index contributed by atoms with van der Waals surface area (Å²) in [5.41, 5.74) is 1.16. The first kappa shape index (κ1) is 15.9. The van der Waals surface area contributed by atoms with Gasteiger partial charge in [-0.1, -0.05) is 12.1 Å². The Morgan fingerprint density at radius 2 is 2.04 bits per heavy atom. The Morgan fingerprint density at radius 1 is 1.25 bits per heavy atom. The number of ether oxygens (including phenoxy) is 1. The Bertz CT molecular complexity index is 1040. The number of hydrogen-bond donors (Lipinski definition) is 1. The van der Waals surface area contributed by atoms with E-state index in [-0.39, 0.29) is 11.3 Å². The summed E-state index contributed by atoms with van der Waals surface area (Å²) in [6.45, 7) is 0. The van der Waals surface area contributed by atoms with Crippen molar-refractivity contribution < 1.29 is 9.53 Å². The lowest BCUT2D eigenvalue weighted by Crippen LogP contribution is -2.20. The molecule has 0 aliphatic rings. The van der Waals surface area contributed by atoms with Crippen molar-refractivity contribution >= 4 is 29.3 Å². The summed E-state index contributed by atoms with van der Waals surface area (Å²) in [7, 11) is 1.59. The SMILES string of the molecule is COc1cccc(C=c2sc(=CC(=O)c3ccncc3)[nH]c2=O)c1. The van der Waals surface area contributed by atoms with Crippen LogP contribution in [0, 0.1) is 0 Å². The third-order valence-corrected chi connectivity index (χ3v) is 4.26. The van der Waals surface area contributed by atoms with E-state index in [1.807, 2.05) is 24.3 Å². The molecule has 0 spiro atoms. The number of pyridine rings is 1. The zero-order chi connectivity index (χ0) is 16.9. The molecule has 0 amide bonds. The second-order valence-electron chi connectivity index (χ2n) is 4.95. The van der Waals surface area contributed by atoms with Crippen molar-refractivity contribution in [3.05, 3.63) is 79.5 Å². The van der Waals surface area contributed by atoms with E-state index < -0.39 is 0 Å². The van der Waals surface area contributed by atoms with Crippen LogP contribution in [0.15, 0.2) is 53.6 Å². The van der Waals surface area contributed by atoms with Crippen LogP contribution in [0.25, 0.3) is 12.2 Å². The molecule has 2 aromatic heterocycles. The van der Waals surface area contributed by atoms with Crippen molar-refractivity contribution in [3.63, 3.8) is 0 Å². The van der Waals surface area contributed by atoms with Crippen LogP contribution < -0.4 is 19.5 Å². The molecule has 0 radical (unpaired) electrons. The van der Waals surface area contributed by atoms with Gasteiger partial charge in [0.1, 0.15) is 5.75 Å². The summed E-state index contributed by atoms with van der Waals surface area (Å²) in [5, 5.41) is 0. The maximum absolute atomic E-state index is 12.2. The molecule has 24 heavy (non-hydrogen) atoms. The topological polar surface area (TPSA) is 72.0 Å². The summed E-state index contributed by atoms with van der Waals surface area (Å²) >= 11 is 1.23. The summed E-state index contributed by atoms with van der Waals surface area (Å²) in [4.78, 5) is 30.8. The van der Waals surface area contributed by atoms with E-state index in [1.165, 1.54) is 17.4 Å². The van der Waals surface area contributed by atoms with Gasteiger partial charge < -0.3 is 9.72 Å². The highest BCUT2D eigenvalue weighted by Gasteiger charge is 2.02. The lowest BCUT2D eigenvalue weighted by Gasteiger charge is -1.99. The Balaban J connectivity index is 1.98. The normalized spacial score (nSPS) is 12.4. The lowest BCUT2D eigenvalue weighted by atomic mass is 10.2. The minimum absolute atomic E-state index is 0.178. The molecule has 0 bridgehead atoms. The van der Waals surface area contributed by atoms with Crippen LogP contribution in [0.2, 0.25) is 0 Å². The van der Waals surface area contributed by atoms with Crippen LogP contribution in [0.1, 0.15) is 15.9 Å². The van der Waals surface area contributed by atoms with Crippen molar-refractivity contribution in [1.82, 2.24) is 9.97 Å². The number of aromatic amines is 1. The zero-order valence-electron chi connectivity index (χ0n) is 12.9. The molecule has 5 nitrogen and oxygen atoms in total. The Kier molecular flexibility index (Phi) is 4.67. The average molecular weight is 338 g/mol. The third kappa shape index (κ3) is 3.67. The molecule has 0 aliphatic carbocycles. The van der Waals surface area contributed by atoms with E-state index >= 15 is 0 Å². The smallest absolute Gasteiger partial charge is 0.266 e. The molecule has 1 N–H and O–H groups in total. The number of aromatic nitrogens is 2. The van der Waals surface area contributed by atoms with Crippen LogP contribution >= 0.6 is 11.3 Å². The molecule has 3 rings (SSSR count). The minimum atomic E-state index is -0.225. The molecule has 1 aromatic carbocycles. The fourth-order valence-electron chi connectivity index (χ4n) is 2.13. The predicted octanol–water partition coefficient (Wildman–Crippen LogP) is 1.33. The number of H-pyrrole nitrogens is 1. The van der Waals surface area contributed by atoms with E-state index in [9.17, 15) is 9.59 Å². The van der Waals surface area contributed by atoms with Gasteiger partial charge in [0.05, 0.1) is 16.3 Å². The Morgan fingerprint density at radius 3 is 2.79 bits per heavy atom. The van der Waals surface area contributed by atoms with Crippen LogP contribution in [0.3, 0.4) is 0 Å². The molecular weight excluding hydrogens is 324 g/mol. The maximum atomic E-state index is 12.2. The second kappa shape index (κ2) is 7.06. The van der Waals surface area contributed by atoms with Crippen molar-refractivity contribution in [2.45, 2.75) is 0 Å². The zero-order valence-corrected chi connectivity index (χ0v) is 13.7. The largest absolute Gasteiger partial charge is 0.497 e. The fraction of sp³-hybridized carbons (Fsp3) is 0.0556. The monoisotopic (exact) mass is 338 g/mol. The van der Waals surface area contributed by atoms with E-state index in [1.54, 1.807) is 37.7 Å². The average Bonchev–Trinajstić information content (AvgIpc) is 2.95. The van der Waals surface area contributed by atoms with Gasteiger partial charge >= 0.3 is 0 Å². The van der Waals surface area contributed by atoms with Gasteiger partial charge in [0.15, 0.2) is 5.78 Å². The van der Waals surface area contributed by atoms with Crippen molar-refractivity contribution in [2.75, 3.05) is 7.11 Å². The molecular formula is C18H14N2O3S. The molecule has 2 heterocycles. The van der Waals surface area contributed by atoms with E-state index in [0.717, 1.165) is 11.3 Å². The number of nitrogens with zero attached hydrogens (tertiary/aromatic N) is 1. The van der Waals surface area contributed by atoms with Crippen LogP contribution in [0.4, 0.5) is 0 Å². The summed E-state index contributed by atoms with van der Waals surface area (Å²) in [6, 6.07) is 10.7. The number of nitrogens with one attached hydrogen (secondary N) is 1. The van der Waals surface area contributed by atoms with Gasteiger partial charge in [-0.3, -0.25) is 14.6 Å². The highest BCUT2D eigenvalue weighted by Crippen LogP contribution is 2.12. The van der Waals surface area contributed by atoms with Gasteiger partial charge in [0.25, 0.3) is 5.56 Å². The maximum Gasteiger partial charge on any atom is 0.266 e. The second-order valence-corrected chi connectivity index (χ2v) is 6.03. The van der Waals surface area contributed by atoms with Crippen LogP contribution in [0.5, 0.6) is 5.75 Å². The lowest BCUT2D eigenvalue weighted by molar-refractivity contribution is 0.106. The van der Waals surface area contributed by atoms with Crippen molar-refractivity contribution in [2.24, 2.45) is 0 Å². The Hall–Kier alpha value is -2.99. The predicted molar refractivity (Wildman–Crippen MR) is 93.8 cm³/mol. The van der Waals surface area contributed by atoms with Gasteiger partial charge in [0, 0.05) is 24.0 Å². The molecule has 0 fully saturated rings. The van der Waals surface area contributed by atoms with E-state index in [4.69, 9.17) is 4.74 Å². The van der Waals surface area contributed by atoms with Gasteiger partial charge in [-0.05, 0) is 35.9 Å². The number of methoxy groups -OCH3 is 1. The molecule has 0 saturated carbocycles. The number of ketones is 1. The van der Waals surface area contributed by atoms with Gasteiger partial charge in [0.2, 0.25) is 0 Å². The van der Waals surface area contributed by atoms with E-state index in [0.29, 0.717) is 14.8 Å². The molecule has 0 aliphatic heterocycles. The molecule has 3 aromatic rings. The quantitative estimate of drug-likeness (QED) is 0.729. The van der Waals surface area contributed by atoms with Gasteiger partial charge in [-0.2, -0.15) is 0 Å². The first-order valence-electron chi connectivity index (χ1n) is 7.17. The standard InChI is InChI=1S/C18H14N2O3S/c1-23-14-4-2-3-12(9-14)10-16-18(22)20-17(24-16)11-15(21)13-5-7-19-8-6-13/h2-11H,1H3,(H,20,22). The first-order chi connectivity index (χ1) is 11.7. The number of benzene rings is 1. The third-order valence-electron chi connectivity index (χ3n) is 3.30. The molecule has 6 heteroatoms. The van der Waals surface area contributed by atoms with Crippen molar-refractivity contribution in [1.29, 1.82) is 0 Å². The molecule has 0 saturated heterocycles. The van der Waals surface area contributed by atoms with Crippen LogP contribution in [-0.4, -0.2) is 22.9 Å². The number of rotatable bonds is 4. The number of carbonyl (C=O) groups is 1. The van der Waals surface area contributed by atoms with E-state index in [2.05, 4.69) is 9.97 Å². The number of hydrogen-bond acceptors (Lipinski definition) is 5. The molecule has 0 unspecified atom stereocenters. The summed E-state index contributed by atoms with van der Waals surface area (Å²) in [5.74, 6) is 0.541. The summed E-state index contributed by atoms with van der Waals surface area (Å²) in [6.07, 6.45) is 6.30. The number of thiazole rings is 1. The first-order valence-corrected chi connectivity index (χ1v) is 7.98.